The first-order valence-electron chi connectivity index (χ1n) is 9.22. The molecule has 1 aromatic carbocycles. The van der Waals surface area contributed by atoms with Crippen molar-refractivity contribution in [1.29, 1.82) is 0 Å². The number of rotatable bonds is 9. The molecule has 148 valence electrons. The van der Waals surface area contributed by atoms with E-state index in [1.807, 2.05) is 37.4 Å². The molecule has 2 aromatic heterocycles. The summed E-state index contributed by atoms with van der Waals surface area (Å²) in [5.41, 5.74) is 4.05. The molecule has 0 saturated carbocycles. The van der Waals surface area contributed by atoms with Crippen LogP contribution in [-0.2, 0) is 16.6 Å². The fourth-order valence-corrected chi connectivity index (χ4v) is 4.12. The van der Waals surface area contributed by atoms with E-state index < -0.39 is 10.0 Å². The topological polar surface area (TPSA) is 97.1 Å². The zero-order valence-corrected chi connectivity index (χ0v) is 16.6. The van der Waals surface area contributed by atoms with Gasteiger partial charge in [-0.1, -0.05) is 25.5 Å². The van der Waals surface area contributed by atoms with Crippen molar-refractivity contribution in [3.8, 4) is 22.4 Å². The minimum Gasteiger partial charge on any atom is -0.394 e. The Bertz CT molecular complexity index is 1000. The van der Waals surface area contributed by atoms with Crippen LogP contribution in [0.3, 0.4) is 0 Å². The maximum Gasteiger partial charge on any atom is 0.232 e. The zero-order chi connectivity index (χ0) is 20.0. The summed E-state index contributed by atoms with van der Waals surface area (Å²) in [5, 5.41) is 13.8. The third-order valence-corrected chi connectivity index (χ3v) is 5.65. The smallest absolute Gasteiger partial charge is 0.232 e. The number of unbranched alkanes of at least 4 members (excludes halogenated alkanes) is 1. The number of anilines is 1. The fraction of sp³-hybridized carbons (Fsp3) is 0.300. The van der Waals surface area contributed by atoms with Gasteiger partial charge in [0.1, 0.15) is 5.69 Å². The van der Waals surface area contributed by atoms with Gasteiger partial charge in [0.15, 0.2) is 0 Å². The lowest BCUT2D eigenvalue weighted by atomic mass is 10.0. The average Bonchev–Trinajstić information content (AvgIpc) is 3.12. The Labute approximate surface area is 165 Å². The van der Waals surface area contributed by atoms with E-state index in [-0.39, 0.29) is 12.4 Å². The summed E-state index contributed by atoms with van der Waals surface area (Å²) < 4.78 is 28.5. The number of aromatic nitrogens is 3. The number of aliphatic hydroxyl groups is 1. The predicted molar refractivity (Wildman–Crippen MR) is 110 cm³/mol. The molecule has 2 heterocycles. The van der Waals surface area contributed by atoms with Crippen molar-refractivity contribution in [2.75, 3.05) is 17.1 Å². The monoisotopic (exact) mass is 400 g/mol. The quantitative estimate of drug-likeness (QED) is 0.575. The first kappa shape index (κ1) is 20.0. The van der Waals surface area contributed by atoms with Crippen LogP contribution in [-0.4, -0.2) is 40.6 Å². The summed E-state index contributed by atoms with van der Waals surface area (Å²) >= 11 is 0. The number of sulfonamides is 1. The number of pyridine rings is 1. The maximum atomic E-state index is 12.1. The molecule has 3 rings (SSSR count). The summed E-state index contributed by atoms with van der Waals surface area (Å²) in [7, 11) is -3.33. The molecule has 0 aliphatic rings. The minimum atomic E-state index is -3.33. The van der Waals surface area contributed by atoms with Crippen molar-refractivity contribution < 1.29 is 13.5 Å². The van der Waals surface area contributed by atoms with E-state index in [9.17, 15) is 13.5 Å². The van der Waals surface area contributed by atoms with Crippen LogP contribution in [0.2, 0.25) is 0 Å². The van der Waals surface area contributed by atoms with E-state index in [1.165, 1.54) is 0 Å². The molecule has 0 radical (unpaired) electrons. The molecule has 28 heavy (non-hydrogen) atoms. The van der Waals surface area contributed by atoms with E-state index in [1.54, 1.807) is 29.2 Å². The number of hydrogen-bond donors (Lipinski definition) is 2. The Kier molecular flexibility index (Phi) is 6.43. The van der Waals surface area contributed by atoms with Crippen molar-refractivity contribution in [2.24, 2.45) is 0 Å². The molecular weight excluding hydrogens is 376 g/mol. The minimum absolute atomic E-state index is 0.00458. The van der Waals surface area contributed by atoms with Gasteiger partial charge in [0.25, 0.3) is 0 Å². The molecule has 2 N–H and O–H groups in total. The Balaban J connectivity index is 1.89. The van der Waals surface area contributed by atoms with Gasteiger partial charge in [0, 0.05) is 35.4 Å². The first-order chi connectivity index (χ1) is 13.5. The molecular formula is C20H24N4O3S. The van der Waals surface area contributed by atoms with Crippen LogP contribution in [0.15, 0.2) is 55.0 Å². The highest BCUT2D eigenvalue weighted by Gasteiger charge is 2.14. The highest BCUT2D eigenvalue weighted by atomic mass is 32.2. The van der Waals surface area contributed by atoms with Crippen LogP contribution in [0.25, 0.3) is 22.4 Å². The number of hydrogen-bond acceptors (Lipinski definition) is 5. The zero-order valence-electron chi connectivity index (χ0n) is 15.7. The van der Waals surface area contributed by atoms with Crippen LogP contribution in [0.4, 0.5) is 5.69 Å². The van der Waals surface area contributed by atoms with Gasteiger partial charge in [-0.15, -0.1) is 0 Å². The van der Waals surface area contributed by atoms with Gasteiger partial charge in [-0.25, -0.2) is 8.42 Å². The summed E-state index contributed by atoms with van der Waals surface area (Å²) in [6.07, 6.45) is 6.76. The Morgan fingerprint density at radius 1 is 1.07 bits per heavy atom. The third-order valence-electron chi connectivity index (χ3n) is 4.28. The van der Waals surface area contributed by atoms with Crippen molar-refractivity contribution in [3.63, 3.8) is 0 Å². The SMILES string of the molecule is CCCCS(=O)(=O)Nc1ccc(-c2cn(CCO)nc2-c2ccncc2)cc1. The van der Waals surface area contributed by atoms with Gasteiger partial charge in [-0.2, -0.15) is 5.10 Å². The highest BCUT2D eigenvalue weighted by molar-refractivity contribution is 7.92. The van der Waals surface area contributed by atoms with Crippen molar-refractivity contribution >= 4 is 15.7 Å². The van der Waals surface area contributed by atoms with E-state index in [0.717, 1.165) is 28.8 Å². The Morgan fingerprint density at radius 2 is 1.79 bits per heavy atom. The van der Waals surface area contributed by atoms with Crippen LogP contribution in [0.1, 0.15) is 19.8 Å². The second kappa shape index (κ2) is 8.99. The second-order valence-corrected chi connectivity index (χ2v) is 8.31. The largest absolute Gasteiger partial charge is 0.394 e. The molecule has 0 fully saturated rings. The van der Waals surface area contributed by atoms with Crippen molar-refractivity contribution in [2.45, 2.75) is 26.3 Å². The van der Waals surface area contributed by atoms with E-state index in [0.29, 0.717) is 18.7 Å². The molecule has 0 aliphatic heterocycles. The van der Waals surface area contributed by atoms with Crippen molar-refractivity contribution in [3.05, 3.63) is 55.0 Å². The molecule has 0 saturated heterocycles. The lowest BCUT2D eigenvalue weighted by Gasteiger charge is -2.08. The van der Waals surface area contributed by atoms with Crippen LogP contribution in [0, 0.1) is 0 Å². The molecule has 8 heteroatoms. The Morgan fingerprint density at radius 3 is 2.43 bits per heavy atom. The van der Waals surface area contributed by atoms with Crippen LogP contribution >= 0.6 is 0 Å². The third kappa shape index (κ3) is 4.96. The van der Waals surface area contributed by atoms with Gasteiger partial charge in [-0.05, 0) is 36.2 Å². The molecule has 0 amide bonds. The molecule has 0 unspecified atom stereocenters. The number of nitrogens with one attached hydrogen (secondary N) is 1. The lowest BCUT2D eigenvalue weighted by Crippen LogP contribution is -2.16. The normalized spacial score (nSPS) is 11.5. The standard InChI is InChI=1S/C20H24N4O3S/c1-2-3-14-28(26,27)23-18-6-4-16(5-7-18)19-15-24(12-13-25)22-20(19)17-8-10-21-11-9-17/h4-11,15,23,25H,2-3,12-14H2,1H3. The summed E-state index contributed by atoms with van der Waals surface area (Å²) in [6, 6.07) is 11.0. The summed E-state index contributed by atoms with van der Waals surface area (Å²) in [5.74, 6) is 0.116. The van der Waals surface area contributed by atoms with Crippen LogP contribution in [0.5, 0.6) is 0 Å². The number of aliphatic hydroxyl groups excluding tert-OH is 1. The predicted octanol–water partition coefficient (Wildman–Crippen LogP) is 3.15. The van der Waals surface area contributed by atoms with Gasteiger partial charge >= 0.3 is 0 Å². The molecule has 3 aromatic rings. The molecule has 0 spiro atoms. The van der Waals surface area contributed by atoms with Gasteiger partial charge in [0.05, 0.1) is 18.9 Å². The highest BCUT2D eigenvalue weighted by Crippen LogP contribution is 2.31. The van der Waals surface area contributed by atoms with Gasteiger partial charge in [-0.3, -0.25) is 14.4 Å². The van der Waals surface area contributed by atoms with E-state index in [2.05, 4.69) is 14.8 Å². The van der Waals surface area contributed by atoms with E-state index in [4.69, 9.17) is 0 Å². The second-order valence-electron chi connectivity index (χ2n) is 6.47. The van der Waals surface area contributed by atoms with Gasteiger partial charge in [0.2, 0.25) is 10.0 Å². The first-order valence-corrected chi connectivity index (χ1v) is 10.9. The molecule has 0 bridgehead atoms. The van der Waals surface area contributed by atoms with Crippen LogP contribution < -0.4 is 4.72 Å². The summed E-state index contributed by atoms with van der Waals surface area (Å²) in [6.45, 7) is 2.35. The van der Waals surface area contributed by atoms with E-state index >= 15 is 0 Å². The molecule has 0 atom stereocenters. The Hall–Kier alpha value is -2.71. The lowest BCUT2D eigenvalue weighted by molar-refractivity contribution is 0.269. The average molecular weight is 401 g/mol. The molecule has 7 nitrogen and oxygen atoms in total. The number of benzene rings is 1. The van der Waals surface area contributed by atoms with Crippen molar-refractivity contribution in [1.82, 2.24) is 14.8 Å². The number of nitrogens with zero attached hydrogens (tertiary/aromatic N) is 3. The van der Waals surface area contributed by atoms with Gasteiger partial charge < -0.3 is 5.11 Å². The fourth-order valence-electron chi connectivity index (χ4n) is 2.86. The maximum absolute atomic E-state index is 12.1. The molecule has 0 aliphatic carbocycles. The summed E-state index contributed by atoms with van der Waals surface area (Å²) in [4.78, 5) is 4.04.